The molecule has 0 amide bonds. The van der Waals surface area contributed by atoms with Gasteiger partial charge < -0.3 is 4.85 Å². The lowest BCUT2D eigenvalue weighted by atomic mass is 10.1. The van der Waals surface area contributed by atoms with Crippen LogP contribution in [0.15, 0.2) is 4.99 Å². The van der Waals surface area contributed by atoms with Gasteiger partial charge in [-0.2, -0.15) is 0 Å². The lowest BCUT2D eigenvalue weighted by Crippen LogP contribution is -1.84. The summed E-state index contributed by atoms with van der Waals surface area (Å²) in [5, 5.41) is 0. The molecule has 3 heteroatoms. The number of aliphatic imine (C=N–C) groups is 1. The average Bonchev–Trinajstić information content (AvgIpc) is 2.26. The van der Waals surface area contributed by atoms with Crippen molar-refractivity contribution in [2.45, 2.75) is 51.4 Å². The van der Waals surface area contributed by atoms with Crippen LogP contribution >= 0.6 is 0 Å². The summed E-state index contributed by atoms with van der Waals surface area (Å²) in [6.07, 6.45) is 11.0. The van der Waals surface area contributed by atoms with Crippen molar-refractivity contribution in [3.8, 4) is 0 Å². The Morgan fingerprint density at radius 1 is 0.933 bits per heavy atom. The normalized spacial score (nSPS) is 9.27. The van der Waals surface area contributed by atoms with E-state index in [9.17, 15) is 4.79 Å². The third-order valence-corrected chi connectivity index (χ3v) is 2.35. The van der Waals surface area contributed by atoms with E-state index in [1.807, 2.05) is 0 Å². The van der Waals surface area contributed by atoms with E-state index in [-0.39, 0.29) is 0 Å². The highest BCUT2D eigenvalue weighted by molar-refractivity contribution is 5.32. The highest BCUT2D eigenvalue weighted by atomic mass is 16.1. The first-order valence-electron chi connectivity index (χ1n) is 5.78. The molecule has 0 rings (SSSR count). The van der Waals surface area contributed by atoms with Gasteiger partial charge in [-0.3, -0.25) is 0 Å². The van der Waals surface area contributed by atoms with Crippen molar-refractivity contribution < 1.29 is 4.79 Å². The standard InChI is InChI=1S/C12H20N2O/c1-13-10-8-6-4-2-3-5-7-9-11-14-12-15/h2-11H2. The Kier molecular flexibility index (Phi) is 11.9. The maximum atomic E-state index is 9.75. The molecule has 0 atom stereocenters. The highest BCUT2D eigenvalue weighted by Gasteiger charge is 1.92. The number of isocyanates is 1. The van der Waals surface area contributed by atoms with Gasteiger partial charge in [-0.25, -0.2) is 16.4 Å². The fourth-order valence-corrected chi connectivity index (χ4v) is 1.49. The zero-order chi connectivity index (χ0) is 11.2. The Morgan fingerprint density at radius 3 is 2.00 bits per heavy atom. The van der Waals surface area contributed by atoms with E-state index in [4.69, 9.17) is 6.57 Å². The minimum Gasteiger partial charge on any atom is -0.317 e. The molecular formula is C12H20N2O. The van der Waals surface area contributed by atoms with E-state index in [1.165, 1.54) is 32.1 Å². The molecule has 15 heavy (non-hydrogen) atoms. The Bertz CT molecular complexity index is 214. The summed E-state index contributed by atoms with van der Waals surface area (Å²) in [6, 6.07) is 0. The van der Waals surface area contributed by atoms with Crippen LogP contribution in [0, 0.1) is 6.57 Å². The minimum atomic E-state index is 0.633. The van der Waals surface area contributed by atoms with Crippen molar-refractivity contribution in [3.63, 3.8) is 0 Å². The SMILES string of the molecule is [C-]#[N+]CCCCCCCCCCN=C=O. The van der Waals surface area contributed by atoms with Gasteiger partial charge in [-0.1, -0.05) is 32.1 Å². The first-order chi connectivity index (χ1) is 7.41. The van der Waals surface area contributed by atoms with Gasteiger partial charge in [0.2, 0.25) is 12.6 Å². The largest absolute Gasteiger partial charge is 0.317 e. The van der Waals surface area contributed by atoms with Gasteiger partial charge >= 0.3 is 0 Å². The Morgan fingerprint density at radius 2 is 1.47 bits per heavy atom. The van der Waals surface area contributed by atoms with Crippen LogP contribution in [0.5, 0.6) is 0 Å². The van der Waals surface area contributed by atoms with Crippen LogP contribution in [-0.4, -0.2) is 19.2 Å². The predicted molar refractivity (Wildman–Crippen MR) is 61.4 cm³/mol. The molecule has 0 spiro atoms. The molecule has 0 aliphatic carbocycles. The van der Waals surface area contributed by atoms with E-state index in [0.717, 1.165) is 19.3 Å². The van der Waals surface area contributed by atoms with E-state index < -0.39 is 0 Å². The number of nitrogens with zero attached hydrogens (tertiary/aromatic N) is 2. The molecule has 0 aromatic carbocycles. The lowest BCUT2D eigenvalue weighted by molar-refractivity contribution is 0.558. The Hall–Kier alpha value is -1.13. The molecule has 0 aromatic heterocycles. The Balaban J connectivity index is 2.93. The summed E-state index contributed by atoms with van der Waals surface area (Å²) in [6.45, 7) is 7.94. The molecule has 0 heterocycles. The predicted octanol–water partition coefficient (Wildman–Crippen LogP) is 3.36. The molecule has 0 unspecified atom stereocenters. The van der Waals surface area contributed by atoms with Gasteiger partial charge in [0.15, 0.2) is 0 Å². The van der Waals surface area contributed by atoms with Crippen molar-refractivity contribution in [2.24, 2.45) is 4.99 Å². The van der Waals surface area contributed by atoms with Gasteiger partial charge in [-0.05, 0) is 12.8 Å². The zero-order valence-electron chi connectivity index (χ0n) is 9.37. The van der Waals surface area contributed by atoms with Crippen LogP contribution in [0.3, 0.4) is 0 Å². The van der Waals surface area contributed by atoms with Crippen molar-refractivity contribution >= 4 is 6.08 Å². The lowest BCUT2D eigenvalue weighted by Gasteiger charge is -1.99. The van der Waals surface area contributed by atoms with Gasteiger partial charge in [0.05, 0.1) is 6.54 Å². The van der Waals surface area contributed by atoms with E-state index in [1.54, 1.807) is 6.08 Å². The smallest absolute Gasteiger partial charge is 0.234 e. The minimum absolute atomic E-state index is 0.633. The third-order valence-electron chi connectivity index (χ3n) is 2.35. The second-order valence-corrected chi connectivity index (χ2v) is 3.68. The zero-order valence-corrected chi connectivity index (χ0v) is 9.37. The van der Waals surface area contributed by atoms with Crippen molar-refractivity contribution in [1.29, 1.82) is 0 Å². The monoisotopic (exact) mass is 208 g/mol. The summed E-state index contributed by atoms with van der Waals surface area (Å²) in [4.78, 5) is 16.6. The fourth-order valence-electron chi connectivity index (χ4n) is 1.49. The number of hydrogen-bond donors (Lipinski definition) is 0. The summed E-state index contributed by atoms with van der Waals surface area (Å²) in [5.74, 6) is 0. The molecule has 0 saturated carbocycles. The van der Waals surface area contributed by atoms with Crippen molar-refractivity contribution in [1.82, 2.24) is 0 Å². The van der Waals surface area contributed by atoms with Crippen LogP contribution in [-0.2, 0) is 4.79 Å². The second-order valence-electron chi connectivity index (χ2n) is 3.68. The fraction of sp³-hybridized carbons (Fsp3) is 0.833. The van der Waals surface area contributed by atoms with Gasteiger partial charge in [0.25, 0.3) is 0 Å². The van der Waals surface area contributed by atoms with E-state index in [2.05, 4.69) is 9.84 Å². The van der Waals surface area contributed by atoms with Crippen LogP contribution in [0.25, 0.3) is 4.85 Å². The Labute approximate surface area is 92.4 Å². The summed E-state index contributed by atoms with van der Waals surface area (Å²) >= 11 is 0. The molecule has 0 aliphatic heterocycles. The number of unbranched alkanes of at least 4 members (excludes halogenated alkanes) is 7. The number of carbonyl (C=O) groups excluding carboxylic acids is 1. The second kappa shape index (κ2) is 12.9. The van der Waals surface area contributed by atoms with Gasteiger partial charge in [0.1, 0.15) is 0 Å². The van der Waals surface area contributed by atoms with Crippen LogP contribution < -0.4 is 0 Å². The molecule has 0 bridgehead atoms. The molecule has 0 aliphatic rings. The maximum absolute atomic E-state index is 9.75. The van der Waals surface area contributed by atoms with Crippen LogP contribution in [0.2, 0.25) is 0 Å². The molecule has 0 fully saturated rings. The summed E-state index contributed by atoms with van der Waals surface area (Å²) < 4.78 is 0. The van der Waals surface area contributed by atoms with Gasteiger partial charge in [-0.15, -0.1) is 0 Å². The maximum Gasteiger partial charge on any atom is 0.234 e. The molecule has 84 valence electrons. The molecule has 0 radical (unpaired) electrons. The molecule has 3 nitrogen and oxygen atoms in total. The third kappa shape index (κ3) is 12.9. The quantitative estimate of drug-likeness (QED) is 0.234. The first-order valence-corrected chi connectivity index (χ1v) is 5.78. The van der Waals surface area contributed by atoms with E-state index in [0.29, 0.717) is 13.1 Å². The summed E-state index contributed by atoms with van der Waals surface area (Å²) in [5.41, 5.74) is 0. The first kappa shape index (κ1) is 13.9. The van der Waals surface area contributed by atoms with Crippen molar-refractivity contribution in [2.75, 3.05) is 13.1 Å². The van der Waals surface area contributed by atoms with Gasteiger partial charge in [0, 0.05) is 6.42 Å². The van der Waals surface area contributed by atoms with Crippen LogP contribution in [0.4, 0.5) is 0 Å². The summed E-state index contributed by atoms with van der Waals surface area (Å²) in [7, 11) is 0. The molecule has 0 aromatic rings. The molecular weight excluding hydrogens is 188 g/mol. The molecule has 0 N–H and O–H groups in total. The van der Waals surface area contributed by atoms with Crippen molar-refractivity contribution in [3.05, 3.63) is 11.4 Å². The number of rotatable bonds is 10. The molecule has 0 saturated heterocycles. The highest BCUT2D eigenvalue weighted by Crippen LogP contribution is 2.08. The average molecular weight is 208 g/mol. The van der Waals surface area contributed by atoms with E-state index >= 15 is 0 Å². The van der Waals surface area contributed by atoms with Crippen LogP contribution in [0.1, 0.15) is 51.4 Å². The number of hydrogen-bond acceptors (Lipinski definition) is 2. The topological polar surface area (TPSA) is 33.8 Å².